The SMILES string of the molecule is CCCCn1ncc(NC(=O)N2CCC[C@@]23CCNC3)c1C(C)C. The van der Waals surface area contributed by atoms with E-state index in [4.69, 9.17) is 0 Å². The van der Waals surface area contributed by atoms with E-state index in [-0.39, 0.29) is 11.6 Å². The van der Waals surface area contributed by atoms with Crippen LogP contribution in [0.3, 0.4) is 0 Å². The molecule has 1 spiro atoms. The molecule has 2 N–H and O–H groups in total. The average molecular weight is 333 g/mol. The number of rotatable bonds is 5. The number of nitrogens with one attached hydrogen (secondary N) is 2. The van der Waals surface area contributed by atoms with E-state index in [0.717, 1.165) is 69.7 Å². The van der Waals surface area contributed by atoms with Gasteiger partial charge < -0.3 is 15.5 Å². The zero-order chi connectivity index (χ0) is 17.2. The Labute approximate surface area is 145 Å². The van der Waals surface area contributed by atoms with Crippen LogP contribution in [0.4, 0.5) is 10.5 Å². The highest BCUT2D eigenvalue weighted by Gasteiger charge is 2.45. The molecule has 2 amide bonds. The first-order chi connectivity index (χ1) is 11.6. The summed E-state index contributed by atoms with van der Waals surface area (Å²) in [7, 11) is 0. The van der Waals surface area contributed by atoms with Gasteiger partial charge in [-0.05, 0) is 38.1 Å². The van der Waals surface area contributed by atoms with Crippen LogP contribution in [-0.2, 0) is 6.54 Å². The lowest BCUT2D eigenvalue weighted by Gasteiger charge is -2.34. The van der Waals surface area contributed by atoms with Gasteiger partial charge in [0.05, 0.1) is 23.1 Å². The number of aromatic nitrogens is 2. The van der Waals surface area contributed by atoms with Crippen molar-refractivity contribution in [1.82, 2.24) is 20.0 Å². The van der Waals surface area contributed by atoms with Gasteiger partial charge in [0.15, 0.2) is 0 Å². The Kier molecular flexibility index (Phi) is 5.13. The number of hydrogen-bond acceptors (Lipinski definition) is 3. The van der Waals surface area contributed by atoms with E-state index in [1.165, 1.54) is 0 Å². The van der Waals surface area contributed by atoms with E-state index >= 15 is 0 Å². The third kappa shape index (κ3) is 3.16. The minimum atomic E-state index is 0.0281. The van der Waals surface area contributed by atoms with Crippen molar-refractivity contribution in [3.63, 3.8) is 0 Å². The Morgan fingerprint density at radius 3 is 2.96 bits per heavy atom. The van der Waals surface area contributed by atoms with Crippen molar-refractivity contribution < 1.29 is 4.79 Å². The number of hydrogen-bond donors (Lipinski definition) is 2. The lowest BCUT2D eigenvalue weighted by atomic mass is 9.95. The fourth-order valence-electron chi connectivity index (χ4n) is 4.20. The normalized spacial score (nSPS) is 23.6. The lowest BCUT2D eigenvalue weighted by molar-refractivity contribution is 0.168. The molecule has 2 fully saturated rings. The molecule has 0 saturated carbocycles. The van der Waals surface area contributed by atoms with Gasteiger partial charge in [-0.1, -0.05) is 27.2 Å². The predicted molar refractivity (Wildman–Crippen MR) is 96.4 cm³/mol. The maximum absolute atomic E-state index is 12.9. The van der Waals surface area contributed by atoms with E-state index in [2.05, 4.69) is 46.1 Å². The first-order valence-electron chi connectivity index (χ1n) is 9.42. The number of likely N-dealkylation sites (tertiary alicyclic amines) is 1. The monoisotopic (exact) mass is 333 g/mol. The first-order valence-corrected chi connectivity index (χ1v) is 9.42. The molecule has 6 heteroatoms. The molecule has 24 heavy (non-hydrogen) atoms. The third-order valence-corrected chi connectivity index (χ3v) is 5.45. The molecule has 2 aliphatic rings. The Hall–Kier alpha value is -1.56. The van der Waals surface area contributed by atoms with Crippen molar-refractivity contribution in [1.29, 1.82) is 0 Å². The molecule has 134 valence electrons. The number of aryl methyl sites for hydroxylation is 1. The number of carbonyl (C=O) groups is 1. The van der Waals surface area contributed by atoms with Gasteiger partial charge in [-0.15, -0.1) is 0 Å². The van der Waals surface area contributed by atoms with Crippen molar-refractivity contribution in [2.75, 3.05) is 25.0 Å². The second-order valence-electron chi connectivity index (χ2n) is 7.51. The molecular weight excluding hydrogens is 302 g/mol. The molecule has 6 nitrogen and oxygen atoms in total. The van der Waals surface area contributed by atoms with Gasteiger partial charge >= 0.3 is 6.03 Å². The Balaban J connectivity index is 1.75. The zero-order valence-corrected chi connectivity index (χ0v) is 15.3. The number of unbranched alkanes of at least 4 members (excludes halogenated alkanes) is 1. The molecule has 1 aromatic heterocycles. The molecule has 0 bridgehead atoms. The first kappa shape index (κ1) is 17.3. The summed E-state index contributed by atoms with van der Waals surface area (Å²) in [6.07, 6.45) is 7.34. The van der Waals surface area contributed by atoms with Crippen molar-refractivity contribution in [2.24, 2.45) is 0 Å². The van der Waals surface area contributed by atoms with E-state index in [1.807, 2.05) is 6.20 Å². The molecule has 0 unspecified atom stereocenters. The number of amides is 2. The fourth-order valence-corrected chi connectivity index (χ4v) is 4.20. The standard InChI is InChI=1S/C18H31N5O/c1-4-5-11-23-16(14(2)3)15(12-20-23)21-17(24)22-10-6-7-18(22)8-9-19-13-18/h12,14,19H,4-11,13H2,1-3H3,(H,21,24)/t18-/m0/s1. The minimum Gasteiger partial charge on any atom is -0.318 e. The highest BCUT2D eigenvalue weighted by Crippen LogP contribution is 2.35. The van der Waals surface area contributed by atoms with Crippen LogP contribution in [0.25, 0.3) is 0 Å². The summed E-state index contributed by atoms with van der Waals surface area (Å²) in [5.74, 6) is 0.334. The summed E-state index contributed by atoms with van der Waals surface area (Å²) in [6.45, 7) is 10.2. The quantitative estimate of drug-likeness (QED) is 0.870. The van der Waals surface area contributed by atoms with Crippen LogP contribution in [0.5, 0.6) is 0 Å². The van der Waals surface area contributed by atoms with Crippen LogP contribution in [0.15, 0.2) is 6.20 Å². The van der Waals surface area contributed by atoms with E-state index in [1.54, 1.807) is 0 Å². The topological polar surface area (TPSA) is 62.2 Å². The van der Waals surface area contributed by atoms with Gasteiger partial charge in [0.1, 0.15) is 0 Å². The molecule has 1 atom stereocenters. The van der Waals surface area contributed by atoms with Gasteiger partial charge in [0.25, 0.3) is 0 Å². The smallest absolute Gasteiger partial charge is 0.318 e. The average Bonchev–Trinajstić information content (AvgIpc) is 3.27. The number of carbonyl (C=O) groups excluding carboxylic acids is 1. The van der Waals surface area contributed by atoms with Crippen LogP contribution in [-0.4, -0.2) is 45.9 Å². The molecule has 3 heterocycles. The zero-order valence-electron chi connectivity index (χ0n) is 15.3. The minimum absolute atomic E-state index is 0.0281. The van der Waals surface area contributed by atoms with Crippen LogP contribution in [0, 0.1) is 0 Å². The highest BCUT2D eigenvalue weighted by molar-refractivity contribution is 5.90. The number of urea groups is 1. The summed E-state index contributed by atoms with van der Waals surface area (Å²) in [6, 6.07) is 0.0353. The van der Waals surface area contributed by atoms with Gasteiger partial charge in [0.2, 0.25) is 0 Å². The summed E-state index contributed by atoms with van der Waals surface area (Å²) in [4.78, 5) is 15.0. The van der Waals surface area contributed by atoms with Crippen LogP contribution >= 0.6 is 0 Å². The summed E-state index contributed by atoms with van der Waals surface area (Å²) >= 11 is 0. The molecule has 1 aromatic rings. The van der Waals surface area contributed by atoms with Crippen LogP contribution in [0.2, 0.25) is 0 Å². The molecule has 2 saturated heterocycles. The van der Waals surface area contributed by atoms with Crippen molar-refractivity contribution >= 4 is 11.7 Å². The van der Waals surface area contributed by atoms with Crippen molar-refractivity contribution in [3.05, 3.63) is 11.9 Å². The molecule has 2 aliphatic heterocycles. The lowest BCUT2D eigenvalue weighted by Crippen LogP contribution is -2.50. The van der Waals surface area contributed by atoms with Gasteiger partial charge in [-0.2, -0.15) is 5.10 Å². The third-order valence-electron chi connectivity index (χ3n) is 5.45. The largest absolute Gasteiger partial charge is 0.322 e. The molecule has 0 aromatic carbocycles. The van der Waals surface area contributed by atoms with E-state index < -0.39 is 0 Å². The maximum atomic E-state index is 12.9. The second kappa shape index (κ2) is 7.13. The Morgan fingerprint density at radius 1 is 1.46 bits per heavy atom. The number of nitrogens with zero attached hydrogens (tertiary/aromatic N) is 3. The summed E-state index contributed by atoms with van der Waals surface area (Å²) < 4.78 is 2.06. The summed E-state index contributed by atoms with van der Waals surface area (Å²) in [5, 5.41) is 11.1. The Bertz CT molecular complexity index is 568. The second-order valence-corrected chi connectivity index (χ2v) is 7.51. The fraction of sp³-hybridized carbons (Fsp3) is 0.778. The highest BCUT2D eigenvalue weighted by atomic mass is 16.2. The van der Waals surface area contributed by atoms with Gasteiger partial charge in [-0.3, -0.25) is 4.68 Å². The Morgan fingerprint density at radius 2 is 2.29 bits per heavy atom. The van der Waals surface area contributed by atoms with Crippen molar-refractivity contribution in [3.8, 4) is 0 Å². The van der Waals surface area contributed by atoms with E-state index in [9.17, 15) is 4.79 Å². The van der Waals surface area contributed by atoms with Gasteiger partial charge in [-0.25, -0.2) is 4.79 Å². The predicted octanol–water partition coefficient (Wildman–Crippen LogP) is 3.17. The molecule has 0 aliphatic carbocycles. The molecule has 0 radical (unpaired) electrons. The van der Waals surface area contributed by atoms with Crippen molar-refractivity contribution in [2.45, 2.75) is 70.9 Å². The number of anilines is 1. The molecular formula is C18H31N5O. The maximum Gasteiger partial charge on any atom is 0.322 e. The van der Waals surface area contributed by atoms with Crippen LogP contribution < -0.4 is 10.6 Å². The molecule has 3 rings (SSSR count). The van der Waals surface area contributed by atoms with Gasteiger partial charge in [0, 0.05) is 19.6 Å². The van der Waals surface area contributed by atoms with Crippen LogP contribution in [0.1, 0.15) is 64.5 Å². The summed E-state index contributed by atoms with van der Waals surface area (Å²) in [5.41, 5.74) is 2.04. The van der Waals surface area contributed by atoms with E-state index in [0.29, 0.717) is 5.92 Å².